The Balaban J connectivity index is 2.60. The van der Waals surface area contributed by atoms with Crippen LogP contribution in [0.25, 0.3) is 0 Å². The minimum Gasteiger partial charge on any atom is -0.335 e. The smallest absolute Gasteiger partial charge is 0.111 e. The van der Waals surface area contributed by atoms with Crippen LogP contribution in [-0.4, -0.2) is 21.6 Å². The number of aromatic nitrogens is 2. The van der Waals surface area contributed by atoms with Gasteiger partial charge in [-0.25, -0.2) is 4.98 Å². The molecule has 1 aromatic rings. The Morgan fingerprint density at radius 3 is 2.53 bits per heavy atom. The minimum atomic E-state index is 0.189. The predicted octanol–water partition coefficient (Wildman–Crippen LogP) is 3.03. The molecule has 0 aromatic carbocycles. The van der Waals surface area contributed by atoms with Crippen molar-refractivity contribution in [3.05, 3.63) is 18.2 Å². The molecule has 1 heterocycles. The quantitative estimate of drug-likeness (QED) is 0.853. The fourth-order valence-electron chi connectivity index (χ4n) is 1.89. The zero-order valence-corrected chi connectivity index (χ0v) is 12.1. The van der Waals surface area contributed by atoms with E-state index in [4.69, 9.17) is 0 Å². The molecule has 2 unspecified atom stereocenters. The van der Waals surface area contributed by atoms with Gasteiger partial charge in [-0.15, -0.1) is 0 Å². The molecule has 2 atom stereocenters. The van der Waals surface area contributed by atoms with E-state index < -0.39 is 0 Å². The lowest BCUT2D eigenvalue weighted by molar-refractivity contribution is 0.350. The van der Waals surface area contributed by atoms with Gasteiger partial charge in [0.25, 0.3) is 0 Å². The zero-order valence-electron chi connectivity index (χ0n) is 12.1. The van der Waals surface area contributed by atoms with E-state index in [2.05, 4.69) is 62.6 Å². The highest BCUT2D eigenvalue weighted by molar-refractivity contribution is 5.01. The number of hydrogen-bond acceptors (Lipinski definition) is 2. The van der Waals surface area contributed by atoms with E-state index in [0.717, 1.165) is 13.1 Å². The van der Waals surface area contributed by atoms with Gasteiger partial charge in [0.05, 0.1) is 0 Å². The van der Waals surface area contributed by atoms with Crippen LogP contribution in [0.5, 0.6) is 0 Å². The highest BCUT2D eigenvalue weighted by Crippen LogP contribution is 2.22. The van der Waals surface area contributed by atoms with Gasteiger partial charge in [0.15, 0.2) is 0 Å². The first kappa shape index (κ1) is 14.2. The largest absolute Gasteiger partial charge is 0.335 e. The Labute approximate surface area is 106 Å². The maximum atomic E-state index is 4.49. The van der Waals surface area contributed by atoms with E-state index in [-0.39, 0.29) is 5.54 Å². The highest BCUT2D eigenvalue weighted by Gasteiger charge is 2.20. The van der Waals surface area contributed by atoms with E-state index in [1.807, 2.05) is 6.20 Å². The van der Waals surface area contributed by atoms with E-state index in [9.17, 15) is 0 Å². The molecule has 1 N–H and O–H groups in total. The van der Waals surface area contributed by atoms with Crippen molar-refractivity contribution < 1.29 is 0 Å². The number of imidazole rings is 1. The summed E-state index contributed by atoms with van der Waals surface area (Å²) >= 11 is 0. The first-order chi connectivity index (χ1) is 7.85. The average Bonchev–Trinajstić information content (AvgIpc) is 2.71. The minimum absolute atomic E-state index is 0.189. The summed E-state index contributed by atoms with van der Waals surface area (Å²) in [6.45, 7) is 15.4. The maximum Gasteiger partial charge on any atom is 0.111 e. The Kier molecular flexibility index (Phi) is 4.75. The molecule has 17 heavy (non-hydrogen) atoms. The number of aryl methyl sites for hydroxylation is 1. The number of rotatable bonds is 5. The van der Waals surface area contributed by atoms with Crippen LogP contribution in [0.1, 0.15) is 53.3 Å². The third-order valence-corrected chi connectivity index (χ3v) is 3.30. The summed E-state index contributed by atoms with van der Waals surface area (Å²) in [5.74, 6) is 2.28. The van der Waals surface area contributed by atoms with E-state index in [0.29, 0.717) is 11.8 Å². The second kappa shape index (κ2) is 5.67. The van der Waals surface area contributed by atoms with Gasteiger partial charge in [-0.3, -0.25) is 0 Å². The number of hydrogen-bond donors (Lipinski definition) is 1. The van der Waals surface area contributed by atoms with Crippen molar-refractivity contribution in [3.8, 4) is 0 Å². The topological polar surface area (TPSA) is 29.9 Å². The molecule has 0 amide bonds. The highest BCUT2D eigenvalue weighted by atomic mass is 15.1. The molecule has 1 aromatic heterocycles. The van der Waals surface area contributed by atoms with Gasteiger partial charge in [-0.2, -0.15) is 0 Å². The molecule has 98 valence electrons. The summed E-state index contributed by atoms with van der Waals surface area (Å²) in [6, 6.07) is 0. The lowest BCUT2D eigenvalue weighted by Gasteiger charge is -2.26. The Morgan fingerprint density at radius 1 is 1.35 bits per heavy atom. The molecule has 0 spiro atoms. The van der Waals surface area contributed by atoms with E-state index in [1.54, 1.807) is 0 Å². The Morgan fingerprint density at radius 2 is 2.00 bits per heavy atom. The van der Waals surface area contributed by atoms with Gasteiger partial charge < -0.3 is 9.88 Å². The Bertz CT molecular complexity index is 335. The predicted molar refractivity (Wildman–Crippen MR) is 73.2 cm³/mol. The second-order valence-electron chi connectivity index (χ2n) is 5.97. The summed E-state index contributed by atoms with van der Waals surface area (Å²) < 4.78 is 2.23. The Hall–Kier alpha value is -0.830. The molecule has 0 aliphatic rings. The SMILES string of the molecule is CCn1ccnc1C(C)C(C)CNC(C)(C)C. The van der Waals surface area contributed by atoms with Gasteiger partial charge in [0.1, 0.15) is 5.82 Å². The maximum absolute atomic E-state index is 4.49. The summed E-state index contributed by atoms with van der Waals surface area (Å²) in [4.78, 5) is 4.49. The summed E-state index contributed by atoms with van der Waals surface area (Å²) in [5, 5.41) is 3.56. The molecule has 0 saturated heterocycles. The van der Waals surface area contributed by atoms with Crippen LogP contribution >= 0.6 is 0 Å². The molecular formula is C14H27N3. The first-order valence-electron chi connectivity index (χ1n) is 6.61. The third-order valence-electron chi connectivity index (χ3n) is 3.30. The van der Waals surface area contributed by atoms with E-state index in [1.165, 1.54) is 5.82 Å². The molecule has 0 fully saturated rings. The fourth-order valence-corrected chi connectivity index (χ4v) is 1.89. The first-order valence-corrected chi connectivity index (χ1v) is 6.61. The summed E-state index contributed by atoms with van der Waals surface area (Å²) in [5.41, 5.74) is 0.189. The van der Waals surface area contributed by atoms with Crippen LogP contribution in [0.2, 0.25) is 0 Å². The van der Waals surface area contributed by atoms with Crippen molar-refractivity contribution in [1.29, 1.82) is 0 Å². The van der Waals surface area contributed by atoms with Crippen molar-refractivity contribution in [2.75, 3.05) is 6.54 Å². The fraction of sp³-hybridized carbons (Fsp3) is 0.786. The van der Waals surface area contributed by atoms with Crippen LogP contribution < -0.4 is 5.32 Å². The molecule has 0 aliphatic heterocycles. The van der Waals surface area contributed by atoms with Crippen LogP contribution in [0.4, 0.5) is 0 Å². The lowest BCUT2D eigenvalue weighted by Crippen LogP contribution is -2.39. The zero-order chi connectivity index (χ0) is 13.1. The van der Waals surface area contributed by atoms with Gasteiger partial charge in [-0.05, 0) is 40.2 Å². The standard InChI is InChI=1S/C14H27N3/c1-7-17-9-8-15-13(17)12(3)11(2)10-16-14(4,5)6/h8-9,11-12,16H,7,10H2,1-6H3. The molecular weight excluding hydrogens is 210 g/mol. The van der Waals surface area contributed by atoms with Crippen molar-refractivity contribution in [2.24, 2.45) is 5.92 Å². The van der Waals surface area contributed by atoms with E-state index >= 15 is 0 Å². The van der Waals surface area contributed by atoms with Gasteiger partial charge in [-0.1, -0.05) is 13.8 Å². The summed E-state index contributed by atoms with van der Waals surface area (Å²) in [6.07, 6.45) is 3.97. The molecule has 0 radical (unpaired) electrons. The number of nitrogens with one attached hydrogen (secondary N) is 1. The lowest BCUT2D eigenvalue weighted by atomic mass is 9.94. The molecule has 0 saturated carbocycles. The van der Waals surface area contributed by atoms with Crippen molar-refractivity contribution in [3.63, 3.8) is 0 Å². The average molecular weight is 237 g/mol. The molecule has 3 heteroatoms. The van der Waals surface area contributed by atoms with Crippen LogP contribution in [-0.2, 0) is 6.54 Å². The van der Waals surface area contributed by atoms with Gasteiger partial charge >= 0.3 is 0 Å². The van der Waals surface area contributed by atoms with Crippen LogP contribution in [0.15, 0.2) is 12.4 Å². The van der Waals surface area contributed by atoms with Crippen molar-refractivity contribution in [1.82, 2.24) is 14.9 Å². The van der Waals surface area contributed by atoms with Crippen LogP contribution in [0, 0.1) is 5.92 Å². The molecule has 1 rings (SSSR count). The normalized spacial score (nSPS) is 15.9. The van der Waals surface area contributed by atoms with Crippen molar-refractivity contribution in [2.45, 2.75) is 59.5 Å². The molecule has 0 bridgehead atoms. The monoisotopic (exact) mass is 237 g/mol. The molecule has 0 aliphatic carbocycles. The van der Waals surface area contributed by atoms with Crippen LogP contribution in [0.3, 0.4) is 0 Å². The molecule has 3 nitrogen and oxygen atoms in total. The second-order valence-corrected chi connectivity index (χ2v) is 5.97. The third kappa shape index (κ3) is 4.15. The van der Waals surface area contributed by atoms with Gasteiger partial charge in [0, 0.05) is 30.4 Å². The van der Waals surface area contributed by atoms with Gasteiger partial charge in [0.2, 0.25) is 0 Å². The number of nitrogens with zero attached hydrogens (tertiary/aromatic N) is 2. The summed E-state index contributed by atoms with van der Waals surface area (Å²) in [7, 11) is 0. The van der Waals surface area contributed by atoms with Crippen molar-refractivity contribution >= 4 is 0 Å².